The quantitative estimate of drug-likeness (QED) is 0.788. The molecule has 1 heterocycles. The fourth-order valence-corrected chi connectivity index (χ4v) is 3.89. The predicted molar refractivity (Wildman–Crippen MR) is 92.0 cm³/mol. The number of carbonyl (C=O) groups is 2. The first-order chi connectivity index (χ1) is 11.2. The number of methoxy groups -OCH3 is 1. The van der Waals surface area contributed by atoms with Crippen molar-refractivity contribution in [1.29, 1.82) is 0 Å². The number of thioether (sulfide) groups is 1. The molecule has 1 saturated carbocycles. The van der Waals surface area contributed by atoms with Gasteiger partial charge in [-0.15, -0.1) is 11.8 Å². The number of fused-ring (bicyclic) bond motifs is 1. The molecular weight excluding hydrogens is 312 g/mol. The summed E-state index contributed by atoms with van der Waals surface area (Å²) in [6.07, 6.45) is 4.02. The summed E-state index contributed by atoms with van der Waals surface area (Å²) in [6, 6.07) is 6.61. The molecule has 1 aliphatic heterocycles. The van der Waals surface area contributed by atoms with Crippen LogP contribution in [0.2, 0.25) is 0 Å². The lowest BCUT2D eigenvalue weighted by Gasteiger charge is -2.26. The molecule has 120 valence electrons. The number of ether oxygens (including phenoxy) is 1. The van der Waals surface area contributed by atoms with E-state index in [-0.39, 0.29) is 17.5 Å². The third-order valence-electron chi connectivity index (χ3n) is 4.08. The summed E-state index contributed by atoms with van der Waals surface area (Å²) in [4.78, 5) is 32.0. The summed E-state index contributed by atoms with van der Waals surface area (Å²) in [5.74, 6) is 1.16. The van der Waals surface area contributed by atoms with Gasteiger partial charge in [-0.2, -0.15) is 4.99 Å². The van der Waals surface area contributed by atoms with Crippen molar-refractivity contribution in [3.8, 4) is 5.75 Å². The van der Waals surface area contributed by atoms with Gasteiger partial charge in [0.1, 0.15) is 5.75 Å². The number of ketones is 1. The van der Waals surface area contributed by atoms with Gasteiger partial charge in [0.15, 0.2) is 5.78 Å². The molecule has 1 unspecified atom stereocenters. The summed E-state index contributed by atoms with van der Waals surface area (Å²) in [5, 5.41) is 0.751. The maximum atomic E-state index is 12.3. The zero-order valence-electron chi connectivity index (χ0n) is 12.9. The second-order valence-corrected chi connectivity index (χ2v) is 6.57. The highest BCUT2D eigenvalue weighted by Gasteiger charge is 2.30. The number of carbonyl (C=O) groups excluding carboxylic acids is 2. The van der Waals surface area contributed by atoms with Crippen molar-refractivity contribution in [2.45, 2.75) is 25.7 Å². The van der Waals surface area contributed by atoms with E-state index in [0.717, 1.165) is 42.2 Å². The molecule has 1 aromatic rings. The Morgan fingerprint density at radius 1 is 1.26 bits per heavy atom. The monoisotopic (exact) mass is 330 g/mol. The van der Waals surface area contributed by atoms with E-state index < -0.39 is 6.03 Å². The van der Waals surface area contributed by atoms with E-state index in [1.807, 2.05) is 0 Å². The van der Waals surface area contributed by atoms with Gasteiger partial charge >= 0.3 is 6.03 Å². The molecule has 1 aliphatic carbocycles. The average Bonchev–Trinajstić information content (AvgIpc) is 2.59. The summed E-state index contributed by atoms with van der Waals surface area (Å²) in [7, 11) is 1.59. The second kappa shape index (κ2) is 7.08. The van der Waals surface area contributed by atoms with Crippen LogP contribution >= 0.6 is 11.8 Å². The largest absolute Gasteiger partial charge is 0.497 e. The smallest absolute Gasteiger partial charge is 0.367 e. The van der Waals surface area contributed by atoms with E-state index in [9.17, 15) is 9.59 Å². The van der Waals surface area contributed by atoms with Crippen LogP contribution in [0.3, 0.4) is 0 Å². The van der Waals surface area contributed by atoms with Crippen LogP contribution in [0.4, 0.5) is 4.79 Å². The Morgan fingerprint density at radius 2 is 2.04 bits per heavy atom. The van der Waals surface area contributed by atoms with Crippen molar-refractivity contribution >= 4 is 34.3 Å². The fraction of sp³-hybridized carbons (Fsp3) is 0.412. The van der Waals surface area contributed by atoms with Crippen molar-refractivity contribution in [2.75, 3.05) is 12.9 Å². The Kier molecular flexibility index (Phi) is 4.91. The van der Waals surface area contributed by atoms with Crippen molar-refractivity contribution in [1.82, 2.24) is 0 Å². The van der Waals surface area contributed by atoms with Gasteiger partial charge in [0.2, 0.25) is 0 Å². The van der Waals surface area contributed by atoms with E-state index in [4.69, 9.17) is 4.74 Å². The standard InChI is InChI=1S/C17H18N2O3S/c1-22-12-8-6-11(7-9-12)15(20)10-23-16-13-4-2-3-5-14(13)18-17(21)19-16/h6-9,13H,2-5,10H2,1H3. The summed E-state index contributed by atoms with van der Waals surface area (Å²) in [6.45, 7) is 0. The zero-order chi connectivity index (χ0) is 16.2. The van der Waals surface area contributed by atoms with Crippen LogP contribution in [0, 0.1) is 5.92 Å². The molecule has 0 aromatic heterocycles. The minimum atomic E-state index is -0.433. The number of hydrogen-bond acceptors (Lipinski definition) is 4. The van der Waals surface area contributed by atoms with Crippen LogP contribution in [0.1, 0.15) is 36.0 Å². The van der Waals surface area contributed by atoms with Crippen LogP contribution < -0.4 is 4.74 Å². The highest BCUT2D eigenvalue weighted by molar-refractivity contribution is 8.14. The van der Waals surface area contributed by atoms with Gasteiger partial charge in [0.25, 0.3) is 0 Å². The van der Waals surface area contributed by atoms with Crippen molar-refractivity contribution in [3.05, 3.63) is 29.8 Å². The summed E-state index contributed by atoms with van der Waals surface area (Å²) < 4.78 is 5.09. The molecule has 2 amide bonds. The van der Waals surface area contributed by atoms with Crippen molar-refractivity contribution < 1.29 is 14.3 Å². The SMILES string of the molecule is COc1ccc(C(=O)CSC2=NC(=O)N=C3CCCCC32)cc1. The lowest BCUT2D eigenvalue weighted by Crippen LogP contribution is -2.30. The molecule has 23 heavy (non-hydrogen) atoms. The molecule has 0 bridgehead atoms. The Bertz CT molecular complexity index is 680. The number of rotatable bonds is 4. The second-order valence-electron chi connectivity index (χ2n) is 5.57. The Balaban J connectivity index is 1.64. The predicted octanol–water partition coefficient (Wildman–Crippen LogP) is 3.77. The molecule has 1 fully saturated rings. The van der Waals surface area contributed by atoms with E-state index >= 15 is 0 Å². The molecule has 0 radical (unpaired) electrons. The van der Waals surface area contributed by atoms with E-state index in [1.54, 1.807) is 31.4 Å². The van der Waals surface area contributed by atoms with Gasteiger partial charge in [-0.05, 0) is 43.5 Å². The third-order valence-corrected chi connectivity index (χ3v) is 5.16. The number of urea groups is 1. The molecule has 0 spiro atoms. The number of nitrogens with zero attached hydrogens (tertiary/aromatic N) is 2. The first-order valence-electron chi connectivity index (χ1n) is 7.67. The van der Waals surface area contributed by atoms with Gasteiger partial charge in [-0.25, -0.2) is 9.79 Å². The number of benzene rings is 1. The summed E-state index contributed by atoms with van der Waals surface area (Å²) >= 11 is 1.37. The van der Waals surface area contributed by atoms with Crippen molar-refractivity contribution in [3.63, 3.8) is 0 Å². The fourth-order valence-electron chi connectivity index (χ4n) is 2.85. The third kappa shape index (κ3) is 3.69. The maximum absolute atomic E-state index is 12.3. The van der Waals surface area contributed by atoms with Crippen LogP contribution in [0.5, 0.6) is 5.75 Å². The first kappa shape index (κ1) is 15.9. The first-order valence-corrected chi connectivity index (χ1v) is 8.66. The average molecular weight is 330 g/mol. The normalized spacial score (nSPS) is 20.4. The molecule has 3 rings (SSSR count). The van der Waals surface area contributed by atoms with Gasteiger partial charge in [-0.3, -0.25) is 4.79 Å². The Hall–Kier alpha value is -1.95. The van der Waals surface area contributed by atoms with Gasteiger partial charge in [-0.1, -0.05) is 6.42 Å². The molecule has 6 heteroatoms. The highest BCUT2D eigenvalue weighted by atomic mass is 32.2. The van der Waals surface area contributed by atoms with Gasteiger partial charge in [0.05, 0.1) is 17.9 Å². The van der Waals surface area contributed by atoms with Crippen LogP contribution in [0.15, 0.2) is 34.3 Å². The number of amides is 2. The Morgan fingerprint density at radius 3 is 2.78 bits per heavy atom. The number of hydrogen-bond donors (Lipinski definition) is 0. The lowest BCUT2D eigenvalue weighted by molar-refractivity contribution is 0.102. The van der Waals surface area contributed by atoms with Gasteiger partial charge < -0.3 is 4.74 Å². The maximum Gasteiger partial charge on any atom is 0.367 e. The van der Waals surface area contributed by atoms with E-state index in [1.165, 1.54) is 11.8 Å². The van der Waals surface area contributed by atoms with Crippen LogP contribution in [-0.4, -0.2) is 35.4 Å². The van der Waals surface area contributed by atoms with Crippen LogP contribution in [0.25, 0.3) is 0 Å². The van der Waals surface area contributed by atoms with E-state index in [0.29, 0.717) is 5.56 Å². The minimum absolute atomic E-state index is 0.0210. The minimum Gasteiger partial charge on any atom is -0.497 e. The topological polar surface area (TPSA) is 68.1 Å². The molecule has 2 aliphatic rings. The highest BCUT2D eigenvalue weighted by Crippen LogP contribution is 2.30. The molecule has 5 nitrogen and oxygen atoms in total. The number of aliphatic imine (C=N–C) groups is 2. The zero-order valence-corrected chi connectivity index (χ0v) is 13.8. The van der Waals surface area contributed by atoms with Crippen LogP contribution in [-0.2, 0) is 0 Å². The molecule has 1 atom stereocenters. The van der Waals surface area contributed by atoms with E-state index in [2.05, 4.69) is 9.98 Å². The Labute approximate surface area is 139 Å². The molecular formula is C17H18N2O3S. The summed E-state index contributed by atoms with van der Waals surface area (Å²) in [5.41, 5.74) is 1.58. The van der Waals surface area contributed by atoms with Gasteiger partial charge in [0, 0.05) is 17.2 Å². The molecule has 0 saturated heterocycles. The van der Waals surface area contributed by atoms with Crippen molar-refractivity contribution in [2.24, 2.45) is 15.9 Å². The molecule has 1 aromatic carbocycles. The lowest BCUT2D eigenvalue weighted by atomic mass is 9.87. The number of Topliss-reactive ketones (excluding diaryl/α,β-unsaturated/α-hetero) is 1. The molecule has 0 N–H and O–H groups in total.